The molecule has 1 aromatic rings. The molecule has 126 valence electrons. The number of halogens is 3. The lowest BCUT2D eigenvalue weighted by Gasteiger charge is -2.22. The van der Waals surface area contributed by atoms with Crippen molar-refractivity contribution in [3.8, 4) is 11.5 Å². The highest BCUT2D eigenvalue weighted by atomic mass is 19.4. The van der Waals surface area contributed by atoms with Gasteiger partial charge >= 0.3 is 6.18 Å². The van der Waals surface area contributed by atoms with E-state index in [9.17, 15) is 18.3 Å². The van der Waals surface area contributed by atoms with E-state index >= 15 is 0 Å². The van der Waals surface area contributed by atoms with Crippen LogP contribution in [0.2, 0.25) is 0 Å². The number of ether oxygens (including phenoxy) is 2. The van der Waals surface area contributed by atoms with Crippen LogP contribution in [0.3, 0.4) is 0 Å². The molecule has 1 rings (SSSR count). The van der Waals surface area contributed by atoms with E-state index in [0.29, 0.717) is 0 Å². The topological polar surface area (TPSA) is 38.7 Å². The first-order valence-electron chi connectivity index (χ1n) is 7.26. The first-order valence-corrected chi connectivity index (χ1v) is 7.26. The summed E-state index contributed by atoms with van der Waals surface area (Å²) in [5, 5.41) is 9.66. The predicted octanol–water partition coefficient (Wildman–Crippen LogP) is 4.35. The summed E-state index contributed by atoms with van der Waals surface area (Å²) in [7, 11) is 0. The third kappa shape index (κ3) is 5.40. The molecule has 0 aliphatic rings. The summed E-state index contributed by atoms with van der Waals surface area (Å²) in [5.41, 5.74) is -0.365. The van der Waals surface area contributed by atoms with Crippen molar-refractivity contribution in [2.75, 3.05) is 13.2 Å². The van der Waals surface area contributed by atoms with Gasteiger partial charge in [0.05, 0.1) is 18.8 Å². The van der Waals surface area contributed by atoms with Gasteiger partial charge in [-0.2, -0.15) is 13.2 Å². The van der Waals surface area contributed by atoms with Gasteiger partial charge in [-0.25, -0.2) is 0 Å². The van der Waals surface area contributed by atoms with Gasteiger partial charge in [0.25, 0.3) is 0 Å². The standard InChI is InChI=1S/C16H23F3O3/c1-10(2)8-21-12-6-5-7-13(22-9-11(3)4)14(12)15(20)16(17,18)19/h5-7,10-11,15,20H,8-9H2,1-4H3. The molecule has 0 aromatic heterocycles. The first kappa shape index (κ1) is 18.6. The quantitative estimate of drug-likeness (QED) is 0.811. The number of hydrogen-bond acceptors (Lipinski definition) is 3. The van der Waals surface area contributed by atoms with E-state index in [2.05, 4.69) is 0 Å². The number of aliphatic hydroxyl groups is 1. The van der Waals surface area contributed by atoms with E-state index in [-0.39, 0.29) is 42.1 Å². The Labute approximate surface area is 129 Å². The van der Waals surface area contributed by atoms with Gasteiger partial charge in [-0.15, -0.1) is 0 Å². The van der Waals surface area contributed by atoms with Crippen LogP contribution in [0.4, 0.5) is 13.2 Å². The Morgan fingerprint density at radius 2 is 1.36 bits per heavy atom. The Morgan fingerprint density at radius 3 is 1.68 bits per heavy atom. The fourth-order valence-corrected chi connectivity index (χ4v) is 1.72. The second kappa shape index (κ2) is 7.72. The maximum absolute atomic E-state index is 12.9. The minimum Gasteiger partial charge on any atom is -0.493 e. The molecule has 1 aromatic carbocycles. The zero-order chi connectivity index (χ0) is 16.9. The highest BCUT2D eigenvalue weighted by molar-refractivity contribution is 5.47. The van der Waals surface area contributed by atoms with Crippen molar-refractivity contribution in [3.05, 3.63) is 23.8 Å². The molecule has 6 heteroatoms. The summed E-state index contributed by atoms with van der Waals surface area (Å²) < 4.78 is 49.6. The molecule has 0 bridgehead atoms. The monoisotopic (exact) mass is 320 g/mol. The smallest absolute Gasteiger partial charge is 0.418 e. The molecular formula is C16H23F3O3. The number of benzene rings is 1. The Morgan fingerprint density at radius 1 is 0.955 bits per heavy atom. The molecular weight excluding hydrogens is 297 g/mol. The van der Waals surface area contributed by atoms with Crippen LogP contribution in [-0.2, 0) is 0 Å². The van der Waals surface area contributed by atoms with Gasteiger partial charge in [-0.05, 0) is 24.0 Å². The lowest BCUT2D eigenvalue weighted by molar-refractivity contribution is -0.207. The van der Waals surface area contributed by atoms with Crippen LogP contribution in [0, 0.1) is 11.8 Å². The van der Waals surface area contributed by atoms with Crippen molar-refractivity contribution in [1.82, 2.24) is 0 Å². The summed E-state index contributed by atoms with van der Waals surface area (Å²) in [6, 6.07) is 4.38. The van der Waals surface area contributed by atoms with Crippen molar-refractivity contribution in [3.63, 3.8) is 0 Å². The summed E-state index contributed by atoms with van der Waals surface area (Å²) in [5.74, 6) is 0.298. The van der Waals surface area contributed by atoms with Crippen LogP contribution in [0.25, 0.3) is 0 Å². The fourth-order valence-electron chi connectivity index (χ4n) is 1.72. The largest absolute Gasteiger partial charge is 0.493 e. The van der Waals surface area contributed by atoms with Crippen LogP contribution in [0.1, 0.15) is 39.4 Å². The van der Waals surface area contributed by atoms with Crippen molar-refractivity contribution in [1.29, 1.82) is 0 Å². The van der Waals surface area contributed by atoms with Crippen LogP contribution in [0.5, 0.6) is 11.5 Å². The Hall–Kier alpha value is -1.43. The van der Waals surface area contributed by atoms with E-state index in [0.717, 1.165) is 0 Å². The Balaban J connectivity index is 3.17. The molecule has 0 fully saturated rings. The van der Waals surface area contributed by atoms with E-state index in [4.69, 9.17) is 9.47 Å². The lowest BCUT2D eigenvalue weighted by atomic mass is 10.1. The molecule has 0 aliphatic heterocycles. The van der Waals surface area contributed by atoms with Crippen molar-refractivity contribution < 1.29 is 27.8 Å². The van der Waals surface area contributed by atoms with Crippen molar-refractivity contribution >= 4 is 0 Å². The van der Waals surface area contributed by atoms with E-state index in [1.807, 2.05) is 27.7 Å². The predicted molar refractivity (Wildman–Crippen MR) is 78.1 cm³/mol. The zero-order valence-electron chi connectivity index (χ0n) is 13.3. The lowest BCUT2D eigenvalue weighted by Crippen LogP contribution is -2.22. The summed E-state index contributed by atoms with van der Waals surface area (Å²) >= 11 is 0. The molecule has 1 N–H and O–H groups in total. The van der Waals surface area contributed by atoms with Gasteiger partial charge in [0.1, 0.15) is 11.5 Å². The molecule has 0 heterocycles. The Bertz CT molecular complexity index is 440. The number of rotatable bonds is 7. The van der Waals surface area contributed by atoms with E-state index < -0.39 is 12.3 Å². The van der Waals surface area contributed by atoms with Crippen LogP contribution in [0.15, 0.2) is 18.2 Å². The maximum atomic E-state index is 12.9. The van der Waals surface area contributed by atoms with Gasteiger partial charge in [0, 0.05) is 0 Å². The summed E-state index contributed by atoms with van der Waals surface area (Å²) in [6.07, 6.45) is -7.43. The van der Waals surface area contributed by atoms with Gasteiger partial charge in [0.2, 0.25) is 0 Å². The minimum atomic E-state index is -4.78. The van der Waals surface area contributed by atoms with Gasteiger partial charge in [0.15, 0.2) is 6.10 Å². The minimum absolute atomic E-state index is 0.000203. The number of hydrogen-bond donors (Lipinski definition) is 1. The Kier molecular flexibility index (Phi) is 6.53. The van der Waals surface area contributed by atoms with Crippen LogP contribution < -0.4 is 9.47 Å². The van der Waals surface area contributed by atoms with E-state index in [1.54, 1.807) is 6.07 Å². The molecule has 22 heavy (non-hydrogen) atoms. The maximum Gasteiger partial charge on any atom is 0.418 e. The second-order valence-electron chi connectivity index (χ2n) is 6.02. The molecule has 1 atom stereocenters. The fraction of sp³-hybridized carbons (Fsp3) is 0.625. The van der Waals surface area contributed by atoms with Gasteiger partial charge in [-0.1, -0.05) is 33.8 Å². The van der Waals surface area contributed by atoms with Crippen molar-refractivity contribution in [2.45, 2.75) is 40.0 Å². The molecule has 0 saturated carbocycles. The van der Waals surface area contributed by atoms with Crippen molar-refractivity contribution in [2.24, 2.45) is 11.8 Å². The third-order valence-corrected chi connectivity index (χ3v) is 2.75. The molecule has 0 saturated heterocycles. The normalized spacial score (nSPS) is 13.5. The first-order chi connectivity index (χ1) is 10.1. The molecule has 0 aliphatic carbocycles. The average molecular weight is 320 g/mol. The SMILES string of the molecule is CC(C)COc1cccc(OCC(C)C)c1C(O)C(F)(F)F. The van der Waals surface area contributed by atoms with E-state index in [1.165, 1.54) is 12.1 Å². The molecule has 0 spiro atoms. The van der Waals surface area contributed by atoms with Crippen LogP contribution >= 0.6 is 0 Å². The zero-order valence-corrected chi connectivity index (χ0v) is 13.3. The third-order valence-electron chi connectivity index (χ3n) is 2.75. The highest BCUT2D eigenvalue weighted by Gasteiger charge is 2.42. The summed E-state index contributed by atoms with van der Waals surface area (Å²) in [4.78, 5) is 0. The molecule has 3 nitrogen and oxygen atoms in total. The second-order valence-corrected chi connectivity index (χ2v) is 6.02. The van der Waals surface area contributed by atoms with Gasteiger partial charge < -0.3 is 14.6 Å². The summed E-state index contributed by atoms with van der Waals surface area (Å²) in [6.45, 7) is 8.06. The highest BCUT2D eigenvalue weighted by Crippen LogP contribution is 2.42. The number of aliphatic hydroxyl groups excluding tert-OH is 1. The molecule has 0 amide bonds. The molecule has 1 unspecified atom stereocenters. The van der Waals surface area contributed by atoms with Gasteiger partial charge in [-0.3, -0.25) is 0 Å². The molecule has 0 radical (unpaired) electrons. The number of alkyl halides is 3. The van der Waals surface area contributed by atoms with Crippen LogP contribution in [-0.4, -0.2) is 24.5 Å². The average Bonchev–Trinajstić information content (AvgIpc) is 2.40.